The molecule has 0 fully saturated rings. The Balaban J connectivity index is 1.77. The lowest BCUT2D eigenvalue weighted by Crippen LogP contribution is -2.43. The molecule has 0 aromatic carbocycles. The second-order valence-corrected chi connectivity index (χ2v) is 5.62. The predicted octanol–water partition coefficient (Wildman–Crippen LogP) is 2.58. The Morgan fingerprint density at radius 1 is 1.47 bits per heavy atom. The molecular formula is C14H13NO3S. The maximum Gasteiger partial charge on any atom is 0.287 e. The molecular weight excluding hydrogens is 262 g/mol. The first-order chi connectivity index (χ1) is 9.16. The third-order valence-electron chi connectivity index (χ3n) is 3.36. The lowest BCUT2D eigenvalue weighted by atomic mass is 9.93. The van der Waals surface area contributed by atoms with Crippen LogP contribution in [0.3, 0.4) is 0 Å². The number of thiophene rings is 1. The maximum absolute atomic E-state index is 12.2. The van der Waals surface area contributed by atoms with Gasteiger partial charge in [0.1, 0.15) is 0 Å². The summed E-state index contributed by atoms with van der Waals surface area (Å²) in [5.41, 5.74) is 1.52. The first-order valence-electron chi connectivity index (χ1n) is 6.12. The summed E-state index contributed by atoms with van der Waals surface area (Å²) in [7, 11) is 0. The van der Waals surface area contributed by atoms with Gasteiger partial charge in [-0.25, -0.2) is 0 Å². The second kappa shape index (κ2) is 4.66. The van der Waals surface area contributed by atoms with Crippen LogP contribution in [0.15, 0.2) is 28.2 Å². The van der Waals surface area contributed by atoms with Gasteiger partial charge in [-0.1, -0.05) is 0 Å². The van der Waals surface area contributed by atoms with Gasteiger partial charge in [0, 0.05) is 16.0 Å². The van der Waals surface area contributed by atoms with Gasteiger partial charge in [0.2, 0.25) is 0 Å². The highest BCUT2D eigenvalue weighted by molar-refractivity contribution is 7.10. The molecule has 98 valence electrons. The van der Waals surface area contributed by atoms with E-state index in [-0.39, 0.29) is 17.5 Å². The minimum Gasteiger partial charge on any atom is -0.459 e. The smallest absolute Gasteiger partial charge is 0.287 e. The number of ketones is 1. The van der Waals surface area contributed by atoms with E-state index in [1.807, 2.05) is 11.4 Å². The van der Waals surface area contributed by atoms with Gasteiger partial charge >= 0.3 is 0 Å². The SMILES string of the molecule is Cc1ccoc1C(=O)NC1CCc2sccc2C1=O. The van der Waals surface area contributed by atoms with Crippen molar-refractivity contribution in [1.82, 2.24) is 5.32 Å². The highest BCUT2D eigenvalue weighted by Crippen LogP contribution is 2.26. The number of nitrogens with one attached hydrogen (secondary N) is 1. The van der Waals surface area contributed by atoms with E-state index < -0.39 is 6.04 Å². The van der Waals surface area contributed by atoms with Crippen LogP contribution in [0.2, 0.25) is 0 Å². The fourth-order valence-electron chi connectivity index (χ4n) is 2.31. The maximum atomic E-state index is 12.2. The van der Waals surface area contributed by atoms with Crippen molar-refractivity contribution in [3.05, 3.63) is 45.5 Å². The van der Waals surface area contributed by atoms with Crippen molar-refractivity contribution in [3.63, 3.8) is 0 Å². The van der Waals surface area contributed by atoms with Crippen molar-refractivity contribution in [2.45, 2.75) is 25.8 Å². The summed E-state index contributed by atoms with van der Waals surface area (Å²) in [5, 5.41) is 4.69. The van der Waals surface area contributed by atoms with Gasteiger partial charge in [-0.3, -0.25) is 9.59 Å². The largest absolute Gasteiger partial charge is 0.459 e. The fraction of sp³-hybridized carbons (Fsp3) is 0.286. The van der Waals surface area contributed by atoms with E-state index in [0.29, 0.717) is 6.42 Å². The molecule has 5 heteroatoms. The number of hydrogen-bond acceptors (Lipinski definition) is 4. The molecule has 2 heterocycles. The number of rotatable bonds is 2. The van der Waals surface area contributed by atoms with Crippen LogP contribution in [-0.2, 0) is 6.42 Å². The number of fused-ring (bicyclic) bond motifs is 1. The second-order valence-electron chi connectivity index (χ2n) is 4.62. The number of carbonyl (C=O) groups is 2. The number of furan rings is 1. The van der Waals surface area contributed by atoms with E-state index in [1.54, 1.807) is 24.3 Å². The number of Topliss-reactive ketones (excluding diaryl/α,β-unsaturated/α-hetero) is 1. The first kappa shape index (κ1) is 12.2. The summed E-state index contributed by atoms with van der Waals surface area (Å²) in [6, 6.07) is 3.12. The zero-order chi connectivity index (χ0) is 13.4. The number of carbonyl (C=O) groups excluding carboxylic acids is 2. The Bertz CT molecular complexity index is 641. The molecule has 1 atom stereocenters. The molecule has 0 saturated carbocycles. The summed E-state index contributed by atoms with van der Waals surface area (Å²) in [6.45, 7) is 1.80. The van der Waals surface area contributed by atoms with Crippen LogP contribution in [0.1, 0.15) is 37.8 Å². The van der Waals surface area contributed by atoms with E-state index in [4.69, 9.17) is 4.42 Å². The van der Waals surface area contributed by atoms with Crippen molar-refractivity contribution < 1.29 is 14.0 Å². The molecule has 1 N–H and O–H groups in total. The first-order valence-corrected chi connectivity index (χ1v) is 7.00. The van der Waals surface area contributed by atoms with Crippen LogP contribution in [0.4, 0.5) is 0 Å². The van der Waals surface area contributed by atoms with Crippen LogP contribution in [-0.4, -0.2) is 17.7 Å². The van der Waals surface area contributed by atoms with Crippen molar-refractivity contribution >= 4 is 23.0 Å². The number of aryl methyl sites for hydroxylation is 2. The third-order valence-corrected chi connectivity index (χ3v) is 4.34. The highest BCUT2D eigenvalue weighted by atomic mass is 32.1. The Labute approximate surface area is 114 Å². The van der Waals surface area contributed by atoms with Crippen molar-refractivity contribution in [2.24, 2.45) is 0 Å². The average molecular weight is 275 g/mol. The molecule has 1 amide bonds. The van der Waals surface area contributed by atoms with Crippen molar-refractivity contribution in [1.29, 1.82) is 0 Å². The molecule has 4 nitrogen and oxygen atoms in total. The zero-order valence-corrected chi connectivity index (χ0v) is 11.3. The van der Waals surface area contributed by atoms with Crippen LogP contribution in [0.25, 0.3) is 0 Å². The summed E-state index contributed by atoms with van der Waals surface area (Å²) in [5.74, 6) is -0.0384. The van der Waals surface area contributed by atoms with Crippen LogP contribution in [0.5, 0.6) is 0 Å². The molecule has 19 heavy (non-hydrogen) atoms. The quantitative estimate of drug-likeness (QED) is 0.916. The molecule has 1 aliphatic rings. The van der Waals surface area contributed by atoms with Gasteiger partial charge < -0.3 is 9.73 Å². The summed E-state index contributed by atoms with van der Waals surface area (Å²) in [6.07, 6.45) is 2.96. The Hall–Kier alpha value is -1.88. The molecule has 0 spiro atoms. The van der Waals surface area contributed by atoms with Crippen LogP contribution < -0.4 is 5.32 Å². The molecule has 2 aromatic rings. The van der Waals surface area contributed by atoms with E-state index in [0.717, 1.165) is 22.4 Å². The summed E-state index contributed by atoms with van der Waals surface area (Å²) < 4.78 is 5.14. The predicted molar refractivity (Wildman–Crippen MR) is 71.7 cm³/mol. The Morgan fingerprint density at radius 2 is 2.32 bits per heavy atom. The monoisotopic (exact) mass is 275 g/mol. The van der Waals surface area contributed by atoms with E-state index in [2.05, 4.69) is 5.32 Å². The molecule has 1 aliphatic carbocycles. The summed E-state index contributed by atoms with van der Waals surface area (Å²) in [4.78, 5) is 25.4. The van der Waals surface area contributed by atoms with E-state index in [9.17, 15) is 9.59 Å². The normalized spacial score (nSPS) is 18.2. The number of amides is 1. The highest BCUT2D eigenvalue weighted by Gasteiger charge is 2.30. The van der Waals surface area contributed by atoms with E-state index in [1.165, 1.54) is 6.26 Å². The van der Waals surface area contributed by atoms with Crippen LogP contribution >= 0.6 is 11.3 Å². The minimum absolute atomic E-state index is 0.0000548. The van der Waals surface area contributed by atoms with Crippen molar-refractivity contribution in [2.75, 3.05) is 0 Å². The van der Waals surface area contributed by atoms with E-state index >= 15 is 0 Å². The van der Waals surface area contributed by atoms with Gasteiger partial charge in [0.25, 0.3) is 5.91 Å². The lowest BCUT2D eigenvalue weighted by molar-refractivity contribution is 0.0830. The molecule has 0 aliphatic heterocycles. The zero-order valence-electron chi connectivity index (χ0n) is 10.4. The summed E-state index contributed by atoms with van der Waals surface area (Å²) >= 11 is 1.60. The Kier molecular flexibility index (Phi) is 2.98. The molecule has 3 rings (SSSR count). The third kappa shape index (κ3) is 2.10. The van der Waals surface area contributed by atoms with Gasteiger partial charge in [-0.05, 0) is 37.3 Å². The van der Waals surface area contributed by atoms with Crippen LogP contribution in [0, 0.1) is 6.92 Å². The average Bonchev–Trinajstić information content (AvgIpc) is 3.01. The minimum atomic E-state index is -0.445. The molecule has 0 saturated heterocycles. The number of hydrogen-bond donors (Lipinski definition) is 1. The molecule has 1 unspecified atom stereocenters. The van der Waals surface area contributed by atoms with Gasteiger partial charge in [0.15, 0.2) is 11.5 Å². The molecule has 0 radical (unpaired) electrons. The van der Waals surface area contributed by atoms with Gasteiger partial charge in [-0.2, -0.15) is 0 Å². The van der Waals surface area contributed by atoms with Gasteiger partial charge in [0.05, 0.1) is 12.3 Å². The van der Waals surface area contributed by atoms with Crippen molar-refractivity contribution in [3.8, 4) is 0 Å². The standard InChI is InChI=1S/C14H13NO3S/c1-8-4-6-18-13(8)14(17)15-10-2-3-11-9(12(10)16)5-7-19-11/h4-7,10H,2-3H2,1H3,(H,15,17). The lowest BCUT2D eigenvalue weighted by Gasteiger charge is -2.21. The Morgan fingerprint density at radius 3 is 3.05 bits per heavy atom. The topological polar surface area (TPSA) is 59.3 Å². The molecule has 0 bridgehead atoms. The fourth-order valence-corrected chi connectivity index (χ4v) is 3.21. The molecule has 2 aromatic heterocycles. The van der Waals surface area contributed by atoms with Gasteiger partial charge in [-0.15, -0.1) is 11.3 Å².